The van der Waals surface area contributed by atoms with Gasteiger partial charge in [-0.1, -0.05) is 6.92 Å². The lowest BCUT2D eigenvalue weighted by Crippen LogP contribution is -2.29. The Labute approximate surface area is 121 Å². The van der Waals surface area contributed by atoms with Gasteiger partial charge < -0.3 is 10.4 Å². The van der Waals surface area contributed by atoms with Crippen LogP contribution in [-0.2, 0) is 4.79 Å². The lowest BCUT2D eigenvalue weighted by molar-refractivity contribution is -0.137. The summed E-state index contributed by atoms with van der Waals surface area (Å²) in [6.07, 6.45) is 4.97. The van der Waals surface area contributed by atoms with Gasteiger partial charge in [0.05, 0.1) is 5.69 Å². The second kappa shape index (κ2) is 6.65. The van der Waals surface area contributed by atoms with Crippen LogP contribution in [0.3, 0.4) is 0 Å². The molecule has 0 saturated carbocycles. The Hall–Kier alpha value is -2.70. The van der Waals surface area contributed by atoms with Gasteiger partial charge in [0, 0.05) is 31.6 Å². The number of nitrogens with one attached hydrogen (secondary N) is 1. The SMILES string of the molecule is CC(CNC(=O)c1cc(-n2cccn2)ccn1)CC(=O)O. The average molecular weight is 288 g/mol. The van der Waals surface area contributed by atoms with Gasteiger partial charge in [0.25, 0.3) is 5.91 Å². The molecule has 110 valence electrons. The second-order valence-corrected chi connectivity index (χ2v) is 4.76. The monoisotopic (exact) mass is 288 g/mol. The van der Waals surface area contributed by atoms with E-state index < -0.39 is 5.97 Å². The fourth-order valence-corrected chi connectivity index (χ4v) is 1.84. The van der Waals surface area contributed by atoms with Gasteiger partial charge in [-0.05, 0) is 24.1 Å². The molecule has 0 bridgehead atoms. The van der Waals surface area contributed by atoms with Crippen LogP contribution in [0.4, 0.5) is 0 Å². The summed E-state index contributed by atoms with van der Waals surface area (Å²) in [6, 6.07) is 5.16. The van der Waals surface area contributed by atoms with Crippen molar-refractivity contribution in [3.05, 3.63) is 42.5 Å². The summed E-state index contributed by atoms with van der Waals surface area (Å²) in [6.45, 7) is 2.06. The van der Waals surface area contributed by atoms with E-state index in [-0.39, 0.29) is 23.9 Å². The first kappa shape index (κ1) is 14.7. The van der Waals surface area contributed by atoms with Crippen LogP contribution in [-0.4, -0.2) is 38.3 Å². The molecule has 0 radical (unpaired) electrons. The van der Waals surface area contributed by atoms with Crippen LogP contribution in [0.2, 0.25) is 0 Å². The molecule has 0 fully saturated rings. The molecule has 2 N–H and O–H groups in total. The lowest BCUT2D eigenvalue weighted by Gasteiger charge is -2.10. The van der Waals surface area contributed by atoms with Crippen molar-refractivity contribution in [2.24, 2.45) is 5.92 Å². The van der Waals surface area contributed by atoms with Crippen molar-refractivity contribution in [1.82, 2.24) is 20.1 Å². The van der Waals surface area contributed by atoms with E-state index in [9.17, 15) is 9.59 Å². The Bertz CT molecular complexity index is 625. The molecule has 0 aromatic carbocycles. The van der Waals surface area contributed by atoms with E-state index in [4.69, 9.17) is 5.11 Å². The first-order chi connectivity index (χ1) is 10.1. The molecule has 0 aliphatic carbocycles. The number of hydrogen-bond donors (Lipinski definition) is 2. The maximum absolute atomic E-state index is 12.0. The average Bonchev–Trinajstić information content (AvgIpc) is 2.98. The minimum absolute atomic E-state index is 0.0149. The number of pyridine rings is 1. The molecule has 2 aromatic rings. The molecule has 0 aliphatic heterocycles. The van der Waals surface area contributed by atoms with Crippen LogP contribution in [0.15, 0.2) is 36.8 Å². The van der Waals surface area contributed by atoms with Crippen molar-refractivity contribution in [1.29, 1.82) is 0 Å². The number of amides is 1. The number of carbonyl (C=O) groups is 2. The quantitative estimate of drug-likeness (QED) is 0.829. The van der Waals surface area contributed by atoms with Crippen LogP contribution >= 0.6 is 0 Å². The van der Waals surface area contributed by atoms with Gasteiger partial charge in [0.1, 0.15) is 5.69 Å². The third kappa shape index (κ3) is 4.13. The molecule has 0 spiro atoms. The van der Waals surface area contributed by atoms with Crippen molar-refractivity contribution in [2.45, 2.75) is 13.3 Å². The minimum atomic E-state index is -0.879. The number of aromatic nitrogens is 3. The Kier molecular flexibility index (Phi) is 4.65. The van der Waals surface area contributed by atoms with Crippen molar-refractivity contribution < 1.29 is 14.7 Å². The summed E-state index contributed by atoms with van der Waals surface area (Å²) in [5.74, 6) is -1.35. The van der Waals surface area contributed by atoms with Crippen molar-refractivity contribution in [2.75, 3.05) is 6.54 Å². The highest BCUT2D eigenvalue weighted by molar-refractivity contribution is 5.92. The van der Waals surface area contributed by atoms with Gasteiger partial charge in [0.15, 0.2) is 0 Å². The molecule has 0 aliphatic rings. The fraction of sp³-hybridized carbons (Fsp3) is 0.286. The maximum Gasteiger partial charge on any atom is 0.303 e. The molecular weight excluding hydrogens is 272 g/mol. The Morgan fingerprint density at radius 2 is 2.24 bits per heavy atom. The summed E-state index contributed by atoms with van der Waals surface area (Å²) in [5, 5.41) is 15.4. The molecule has 1 amide bonds. The molecule has 2 aromatic heterocycles. The van der Waals surface area contributed by atoms with E-state index in [2.05, 4.69) is 15.4 Å². The smallest absolute Gasteiger partial charge is 0.303 e. The largest absolute Gasteiger partial charge is 0.481 e. The van der Waals surface area contributed by atoms with Crippen LogP contribution in [0, 0.1) is 5.92 Å². The number of aliphatic carboxylic acids is 1. The number of nitrogens with zero attached hydrogens (tertiary/aromatic N) is 3. The molecular formula is C14H16N4O3. The third-order valence-electron chi connectivity index (χ3n) is 2.88. The number of carboxylic acid groups (broad SMARTS) is 1. The summed E-state index contributed by atoms with van der Waals surface area (Å²) in [4.78, 5) is 26.6. The Balaban J connectivity index is 2.00. The first-order valence-electron chi connectivity index (χ1n) is 6.52. The van der Waals surface area contributed by atoms with E-state index in [1.165, 1.54) is 6.20 Å². The highest BCUT2D eigenvalue weighted by Gasteiger charge is 2.12. The van der Waals surface area contributed by atoms with Gasteiger partial charge >= 0.3 is 5.97 Å². The minimum Gasteiger partial charge on any atom is -0.481 e. The van der Waals surface area contributed by atoms with E-state index in [0.717, 1.165) is 5.69 Å². The molecule has 21 heavy (non-hydrogen) atoms. The van der Waals surface area contributed by atoms with Gasteiger partial charge in [-0.2, -0.15) is 5.10 Å². The zero-order valence-corrected chi connectivity index (χ0v) is 11.6. The van der Waals surface area contributed by atoms with E-state index in [1.54, 1.807) is 42.2 Å². The zero-order valence-electron chi connectivity index (χ0n) is 11.6. The number of hydrogen-bond acceptors (Lipinski definition) is 4. The highest BCUT2D eigenvalue weighted by Crippen LogP contribution is 2.07. The molecule has 7 heteroatoms. The molecule has 0 saturated heterocycles. The van der Waals surface area contributed by atoms with E-state index in [1.807, 2.05) is 0 Å². The van der Waals surface area contributed by atoms with E-state index >= 15 is 0 Å². The maximum atomic E-state index is 12.0. The van der Waals surface area contributed by atoms with Crippen molar-refractivity contribution >= 4 is 11.9 Å². The van der Waals surface area contributed by atoms with Crippen LogP contribution in [0.5, 0.6) is 0 Å². The number of carboxylic acids is 1. The van der Waals surface area contributed by atoms with Crippen LogP contribution in [0.1, 0.15) is 23.8 Å². The Morgan fingerprint density at radius 1 is 1.43 bits per heavy atom. The van der Waals surface area contributed by atoms with Crippen molar-refractivity contribution in [3.8, 4) is 5.69 Å². The van der Waals surface area contributed by atoms with Crippen LogP contribution in [0.25, 0.3) is 5.69 Å². The summed E-state index contributed by atoms with van der Waals surface area (Å²) < 4.78 is 1.63. The van der Waals surface area contributed by atoms with Gasteiger partial charge in [-0.15, -0.1) is 0 Å². The molecule has 1 atom stereocenters. The normalized spacial score (nSPS) is 11.9. The second-order valence-electron chi connectivity index (χ2n) is 4.76. The van der Waals surface area contributed by atoms with Gasteiger partial charge in [-0.25, -0.2) is 4.68 Å². The van der Waals surface area contributed by atoms with Crippen molar-refractivity contribution in [3.63, 3.8) is 0 Å². The van der Waals surface area contributed by atoms with Crippen LogP contribution < -0.4 is 5.32 Å². The molecule has 1 unspecified atom stereocenters. The zero-order chi connectivity index (χ0) is 15.2. The summed E-state index contributed by atoms with van der Waals surface area (Å²) in [5.41, 5.74) is 1.00. The predicted octanol–water partition coefficient (Wildman–Crippen LogP) is 1.11. The number of carbonyl (C=O) groups excluding carboxylic acids is 1. The number of rotatable bonds is 6. The highest BCUT2D eigenvalue weighted by atomic mass is 16.4. The molecule has 2 rings (SSSR count). The Morgan fingerprint density at radius 3 is 2.90 bits per heavy atom. The topological polar surface area (TPSA) is 97.1 Å². The third-order valence-corrected chi connectivity index (χ3v) is 2.88. The van der Waals surface area contributed by atoms with E-state index in [0.29, 0.717) is 6.54 Å². The predicted molar refractivity (Wildman–Crippen MR) is 75.1 cm³/mol. The summed E-state index contributed by atoms with van der Waals surface area (Å²) >= 11 is 0. The lowest BCUT2D eigenvalue weighted by atomic mass is 10.1. The first-order valence-corrected chi connectivity index (χ1v) is 6.52. The molecule has 2 heterocycles. The summed E-state index contributed by atoms with van der Waals surface area (Å²) in [7, 11) is 0. The molecule has 7 nitrogen and oxygen atoms in total. The van der Waals surface area contributed by atoms with Gasteiger partial charge in [0.2, 0.25) is 0 Å². The standard InChI is InChI=1S/C14H16N4O3/c1-10(7-13(19)20)9-16-14(21)12-8-11(3-5-15-12)18-6-2-4-17-18/h2-6,8,10H,7,9H2,1H3,(H,16,21)(H,19,20). The fourth-order valence-electron chi connectivity index (χ4n) is 1.84. The van der Waals surface area contributed by atoms with Gasteiger partial charge in [-0.3, -0.25) is 14.6 Å².